The van der Waals surface area contributed by atoms with Crippen LogP contribution in [0, 0.1) is 0 Å². The van der Waals surface area contributed by atoms with Gasteiger partial charge in [0.05, 0.1) is 37.2 Å². The van der Waals surface area contributed by atoms with Gasteiger partial charge < -0.3 is 70.4 Å². The molecule has 0 spiro atoms. The fraction of sp³-hybridized carbons (Fsp3) is 0.587. The Morgan fingerprint density at radius 1 is 0.430 bits per heavy atom. The minimum absolute atomic E-state index is 0.0131. The molecule has 2 aromatic heterocycles. The monoisotopic (exact) mass is 1780 g/mol. The van der Waals surface area contributed by atoms with Crippen molar-refractivity contribution in [1.82, 2.24) is 90.0 Å². The Balaban J connectivity index is 0.936. The minimum atomic E-state index is -1.53. The molecular weight excluding hydrogens is 1650 g/mol. The maximum atomic E-state index is 15.0. The van der Waals surface area contributed by atoms with Crippen molar-refractivity contribution in [2.75, 3.05) is 137 Å². The first-order chi connectivity index (χ1) is 60.1. The summed E-state index contributed by atoms with van der Waals surface area (Å²) in [5.41, 5.74) is 1.06. The number of esters is 4. The highest BCUT2D eigenvalue weighted by molar-refractivity contribution is 5.96. The largest absolute Gasteiger partial charge is 0.508 e. The Hall–Kier alpha value is -11.2. The zero-order chi connectivity index (χ0) is 94.0. The quantitative estimate of drug-likeness (QED) is 0.0163. The summed E-state index contributed by atoms with van der Waals surface area (Å²) in [6.07, 6.45) is -1.08. The van der Waals surface area contributed by atoms with Gasteiger partial charge in [-0.15, -0.1) is 20.4 Å². The molecule has 3 saturated heterocycles. The third-order valence-electron chi connectivity index (χ3n) is 21.7. The zero-order valence-corrected chi connectivity index (χ0v) is 78.0. The number of piperazine rings is 2. The van der Waals surface area contributed by atoms with Crippen LogP contribution in [0.4, 0.5) is 0 Å². The number of nitrogens with zero attached hydrogens (tertiary/aromatic N) is 14. The number of aromatic hydroxyl groups is 4. The summed E-state index contributed by atoms with van der Waals surface area (Å²) in [6.45, 7) is 39.3. The number of nitrogens with one attached hydrogen (secondary N) is 4. The van der Waals surface area contributed by atoms with Crippen LogP contribution in [0.2, 0.25) is 0 Å². The number of ether oxygens (including phenoxy) is 4. The number of carbonyl (C=O) groups excluding carboxylic acids is 10. The molecule has 0 radical (unpaired) electrons. The molecule has 3 aliphatic heterocycles. The average Bonchev–Trinajstić information content (AvgIpc) is 1.61. The van der Waals surface area contributed by atoms with Crippen molar-refractivity contribution in [2.45, 2.75) is 216 Å². The lowest BCUT2D eigenvalue weighted by atomic mass is 9.98. The molecule has 6 aromatic rings. The molecule has 8 N–H and O–H groups in total. The first-order valence-corrected chi connectivity index (χ1v) is 44.3. The number of phenols is 4. The number of phenolic OH excluding ortho intramolecular Hbond substituents is 4. The normalized spacial score (nSPS) is 16.3. The second-order valence-electron chi connectivity index (χ2n) is 37.6. The first kappa shape index (κ1) is 101. The van der Waals surface area contributed by atoms with E-state index in [1.54, 1.807) is 135 Å². The number of benzene rings is 4. The van der Waals surface area contributed by atoms with Crippen LogP contribution in [-0.4, -0.2) is 326 Å². The van der Waals surface area contributed by atoms with Crippen molar-refractivity contribution in [3.8, 4) is 57.1 Å². The lowest BCUT2D eigenvalue weighted by Gasteiger charge is -2.37. The Kier molecular flexibility index (Phi) is 34.7. The smallest absolute Gasteiger partial charge is 0.323 e. The third-order valence-corrected chi connectivity index (χ3v) is 21.7. The van der Waals surface area contributed by atoms with E-state index in [2.05, 4.69) is 51.5 Å². The van der Waals surface area contributed by atoms with Gasteiger partial charge in [-0.25, -0.2) is 0 Å². The lowest BCUT2D eigenvalue weighted by molar-refractivity contribution is -0.163. The fourth-order valence-corrected chi connectivity index (χ4v) is 15.5. The van der Waals surface area contributed by atoms with Gasteiger partial charge >= 0.3 is 23.9 Å². The predicted octanol–water partition coefficient (Wildman–Crippen LogP) is 6.86. The summed E-state index contributed by atoms with van der Waals surface area (Å²) >= 11 is 0. The van der Waals surface area contributed by atoms with E-state index in [0.717, 1.165) is 11.1 Å². The zero-order valence-electron chi connectivity index (χ0n) is 78.0. The molecule has 700 valence electrons. The number of rotatable bonds is 31. The number of hydrogen-bond donors (Lipinski definition) is 8. The standard InChI is InChI=1S/C92H134N18O18/c1-20-93-85(121)82-99-97-80(67-48-65(58(3)4)71(111)51-73(67)113)109(82)63-26-22-61(23-27-63)53-101-38-44-107(45-39-101)76(116)50-69(84(120)95-60(7)87(123)108-46-40-102(41-47-108)54-62-24-28-64(29-25-62)110-81(98-100-83(110)86(122)94-21-2)68-49-66(59(5)6)72(112)52-74(68)114)96-75(115)31-30-70(88(124)128-92(17,18)19)106-42-36-104(56-78(118)126-90(11,12)13)34-32-103(55-77(117)125-89(8,9)10)33-35-105(37-43-106)57-79(119)127-91(14,15)16/h22-29,48-49,51-52,58-60,69-70,111-114H,20-21,30-47,50,53-57H2,1-19H3,(H,93,121)(H,94,122)(H,95,120)(H,96,115)/t60-,69+,70-/m1/s1. The van der Waals surface area contributed by atoms with Gasteiger partial charge in [0.1, 0.15) is 63.5 Å². The van der Waals surface area contributed by atoms with E-state index >= 15 is 4.79 Å². The van der Waals surface area contributed by atoms with Gasteiger partial charge in [0, 0.05) is 161 Å². The maximum absolute atomic E-state index is 15.0. The third kappa shape index (κ3) is 29.2. The molecule has 0 bridgehead atoms. The Labute approximate surface area is 750 Å². The van der Waals surface area contributed by atoms with Gasteiger partial charge in [-0.1, -0.05) is 52.0 Å². The molecule has 128 heavy (non-hydrogen) atoms. The van der Waals surface area contributed by atoms with Crippen LogP contribution in [0.15, 0.2) is 72.8 Å². The molecule has 36 heteroatoms. The molecular formula is C92H134N18O18. The number of amides is 6. The molecule has 3 fully saturated rings. The molecule has 6 amide bonds. The second kappa shape index (κ2) is 44.2. The Morgan fingerprint density at radius 3 is 1.15 bits per heavy atom. The van der Waals surface area contributed by atoms with Crippen LogP contribution < -0.4 is 21.3 Å². The Bertz CT molecular complexity index is 4810. The van der Waals surface area contributed by atoms with Gasteiger partial charge in [-0.05, 0) is 181 Å². The van der Waals surface area contributed by atoms with E-state index in [0.29, 0.717) is 74.9 Å². The molecule has 9 rings (SSSR count). The van der Waals surface area contributed by atoms with Gasteiger partial charge in [-0.2, -0.15) is 0 Å². The number of carbonyl (C=O) groups is 10. The van der Waals surface area contributed by atoms with E-state index in [1.165, 1.54) is 12.1 Å². The first-order valence-electron chi connectivity index (χ1n) is 44.3. The highest BCUT2D eigenvalue weighted by atomic mass is 16.6. The molecule has 0 unspecified atom stereocenters. The van der Waals surface area contributed by atoms with Gasteiger partial charge in [0.2, 0.25) is 35.3 Å². The van der Waals surface area contributed by atoms with Crippen LogP contribution in [0.5, 0.6) is 23.0 Å². The van der Waals surface area contributed by atoms with E-state index in [-0.39, 0.29) is 180 Å². The topological polar surface area (TPSA) is 424 Å². The van der Waals surface area contributed by atoms with Crippen molar-refractivity contribution in [3.05, 3.63) is 107 Å². The number of hydrogen-bond acceptors (Lipinski definition) is 28. The summed E-state index contributed by atoms with van der Waals surface area (Å²) in [7, 11) is 0. The SMILES string of the molecule is CCNC(=O)c1nnc(-c2cc(C(C)C)c(O)cc2O)n1-c1ccc(CN2CCN(C(=O)C[C@H](NC(=O)CC[C@H](C(=O)OC(C)(C)C)N3CCN(CC(=O)OC(C)(C)C)CCN(CC(=O)OC(C)(C)C)CCN(CC(=O)OC(C)(C)C)CC3)C(=O)N[C@H](C)C(=O)N3CCN(Cc4ccc(-n5c(C(=O)NCC)nnc5-c5cc(C(C)C)c(O)cc5O)cc4)CC3)CC2)cc1. The fourth-order valence-electron chi connectivity index (χ4n) is 15.5. The molecule has 3 aliphatic rings. The maximum Gasteiger partial charge on any atom is 0.323 e. The number of aromatic nitrogens is 6. The van der Waals surface area contributed by atoms with Gasteiger partial charge in [-0.3, -0.25) is 86.5 Å². The van der Waals surface area contributed by atoms with Crippen molar-refractivity contribution < 1.29 is 87.3 Å². The summed E-state index contributed by atoms with van der Waals surface area (Å²) in [5.74, 6) is -6.07. The van der Waals surface area contributed by atoms with E-state index in [4.69, 9.17) is 18.9 Å². The van der Waals surface area contributed by atoms with Crippen LogP contribution in [0.1, 0.15) is 206 Å². The van der Waals surface area contributed by atoms with Crippen molar-refractivity contribution in [1.29, 1.82) is 0 Å². The lowest BCUT2D eigenvalue weighted by Crippen LogP contribution is -2.57. The summed E-state index contributed by atoms with van der Waals surface area (Å²) in [4.78, 5) is 157. The highest BCUT2D eigenvalue weighted by Gasteiger charge is 2.38. The second-order valence-corrected chi connectivity index (χ2v) is 37.6. The highest BCUT2D eigenvalue weighted by Crippen LogP contribution is 2.41. The van der Waals surface area contributed by atoms with Crippen molar-refractivity contribution in [3.63, 3.8) is 0 Å². The van der Waals surface area contributed by atoms with Gasteiger partial charge in [0.15, 0.2) is 11.6 Å². The minimum Gasteiger partial charge on any atom is -0.508 e. The van der Waals surface area contributed by atoms with E-state index < -0.39 is 106 Å². The van der Waals surface area contributed by atoms with Crippen LogP contribution in [0.25, 0.3) is 34.2 Å². The van der Waals surface area contributed by atoms with Crippen molar-refractivity contribution >= 4 is 59.3 Å². The van der Waals surface area contributed by atoms with Gasteiger partial charge in [0.25, 0.3) is 11.8 Å². The van der Waals surface area contributed by atoms with E-state index in [1.807, 2.05) is 95.8 Å². The van der Waals surface area contributed by atoms with Crippen LogP contribution >= 0.6 is 0 Å². The molecule has 0 aliphatic carbocycles. The Morgan fingerprint density at radius 2 is 0.789 bits per heavy atom. The summed E-state index contributed by atoms with van der Waals surface area (Å²) in [5, 5.41) is 72.1. The molecule has 3 atom stereocenters. The molecule has 5 heterocycles. The van der Waals surface area contributed by atoms with Crippen LogP contribution in [0.3, 0.4) is 0 Å². The molecule has 36 nitrogen and oxygen atoms in total. The summed E-state index contributed by atoms with van der Waals surface area (Å²) < 4.78 is 26.6. The van der Waals surface area contributed by atoms with Crippen LogP contribution in [-0.2, 0) is 70.4 Å². The van der Waals surface area contributed by atoms with Crippen molar-refractivity contribution in [2.24, 2.45) is 0 Å². The predicted molar refractivity (Wildman–Crippen MR) is 480 cm³/mol. The molecule has 4 aromatic carbocycles. The van der Waals surface area contributed by atoms with E-state index in [9.17, 15) is 63.6 Å². The summed E-state index contributed by atoms with van der Waals surface area (Å²) in [6, 6.07) is 16.8. The molecule has 0 saturated carbocycles. The average molecular weight is 1780 g/mol.